The van der Waals surface area contributed by atoms with Crippen LogP contribution in [0.25, 0.3) is 11.1 Å². The van der Waals surface area contributed by atoms with E-state index in [1.165, 1.54) is 12.1 Å². The van der Waals surface area contributed by atoms with Gasteiger partial charge >= 0.3 is 0 Å². The van der Waals surface area contributed by atoms with Crippen LogP contribution in [0.1, 0.15) is 11.4 Å². The molecule has 0 aliphatic heterocycles. The van der Waals surface area contributed by atoms with Gasteiger partial charge in [0.25, 0.3) is 0 Å². The topological polar surface area (TPSA) is 43.8 Å². The van der Waals surface area contributed by atoms with Crippen LogP contribution in [0.15, 0.2) is 18.2 Å². The maximum absolute atomic E-state index is 13.9. The molecule has 0 atom stereocenters. The summed E-state index contributed by atoms with van der Waals surface area (Å²) in [7, 11) is 1.84. The van der Waals surface area contributed by atoms with Crippen molar-refractivity contribution < 1.29 is 4.39 Å². The van der Waals surface area contributed by atoms with E-state index in [0.717, 1.165) is 17.0 Å². The van der Waals surface area contributed by atoms with Crippen molar-refractivity contribution in [2.75, 3.05) is 6.54 Å². The van der Waals surface area contributed by atoms with Gasteiger partial charge in [0.1, 0.15) is 5.82 Å². The van der Waals surface area contributed by atoms with E-state index in [9.17, 15) is 4.39 Å². The molecule has 2 rings (SSSR count). The highest BCUT2D eigenvalue weighted by Crippen LogP contribution is 2.31. The van der Waals surface area contributed by atoms with Gasteiger partial charge in [-0.2, -0.15) is 5.10 Å². The zero-order valence-electron chi connectivity index (χ0n) is 10.4. The van der Waals surface area contributed by atoms with Crippen molar-refractivity contribution in [3.8, 4) is 11.1 Å². The molecule has 0 bridgehead atoms. The fraction of sp³-hybridized carbons (Fsp3) is 0.308. The molecule has 5 heteroatoms. The lowest BCUT2D eigenvalue weighted by atomic mass is 10.0. The monoisotopic (exact) mass is 267 g/mol. The molecule has 1 heterocycles. The van der Waals surface area contributed by atoms with E-state index in [0.29, 0.717) is 23.6 Å². The predicted molar refractivity (Wildman–Crippen MR) is 71.1 cm³/mol. The second-order valence-electron chi connectivity index (χ2n) is 4.19. The molecule has 0 spiro atoms. The Morgan fingerprint density at radius 1 is 1.44 bits per heavy atom. The fourth-order valence-corrected chi connectivity index (χ4v) is 2.34. The molecular formula is C13H15ClFN3. The Kier molecular flexibility index (Phi) is 3.68. The molecule has 18 heavy (non-hydrogen) atoms. The van der Waals surface area contributed by atoms with E-state index in [1.54, 1.807) is 10.7 Å². The second kappa shape index (κ2) is 5.08. The number of aromatic nitrogens is 2. The largest absolute Gasteiger partial charge is 0.330 e. The summed E-state index contributed by atoms with van der Waals surface area (Å²) >= 11 is 5.94. The number of nitrogens with zero attached hydrogens (tertiary/aromatic N) is 2. The Labute approximate surface area is 110 Å². The van der Waals surface area contributed by atoms with Gasteiger partial charge in [-0.1, -0.05) is 11.6 Å². The quantitative estimate of drug-likeness (QED) is 0.929. The van der Waals surface area contributed by atoms with Gasteiger partial charge in [0.2, 0.25) is 0 Å². The van der Waals surface area contributed by atoms with E-state index >= 15 is 0 Å². The second-order valence-corrected chi connectivity index (χ2v) is 4.63. The number of hydrogen-bond donors (Lipinski definition) is 1. The van der Waals surface area contributed by atoms with Crippen molar-refractivity contribution >= 4 is 11.6 Å². The molecule has 1 aromatic carbocycles. The minimum absolute atomic E-state index is 0.297. The van der Waals surface area contributed by atoms with Crippen molar-refractivity contribution in [3.63, 3.8) is 0 Å². The van der Waals surface area contributed by atoms with Gasteiger partial charge in [-0.25, -0.2) is 4.39 Å². The first-order valence-corrected chi connectivity index (χ1v) is 6.10. The van der Waals surface area contributed by atoms with E-state index < -0.39 is 0 Å². The summed E-state index contributed by atoms with van der Waals surface area (Å²) in [5.41, 5.74) is 8.58. The number of rotatable bonds is 3. The molecule has 0 unspecified atom stereocenters. The van der Waals surface area contributed by atoms with Crippen LogP contribution in [-0.2, 0) is 13.5 Å². The number of halogens is 2. The van der Waals surface area contributed by atoms with Gasteiger partial charge in [-0.15, -0.1) is 0 Å². The van der Waals surface area contributed by atoms with E-state index in [4.69, 9.17) is 17.3 Å². The number of nitrogens with two attached hydrogens (primary N) is 1. The summed E-state index contributed by atoms with van der Waals surface area (Å²) in [5.74, 6) is -0.297. The van der Waals surface area contributed by atoms with E-state index in [1.807, 2.05) is 14.0 Å². The highest BCUT2D eigenvalue weighted by molar-refractivity contribution is 6.30. The predicted octanol–water partition coefficient (Wildman–Crippen LogP) is 2.69. The van der Waals surface area contributed by atoms with Gasteiger partial charge < -0.3 is 5.73 Å². The number of hydrogen-bond acceptors (Lipinski definition) is 2. The molecule has 0 aliphatic rings. The SMILES string of the molecule is Cc1nn(C)c(CCN)c1-c1cc(Cl)ccc1F. The molecule has 96 valence electrons. The Balaban J connectivity index is 2.66. The summed E-state index contributed by atoms with van der Waals surface area (Å²) < 4.78 is 15.7. The third kappa shape index (κ3) is 2.26. The molecule has 0 radical (unpaired) electrons. The molecular weight excluding hydrogens is 253 g/mol. The lowest BCUT2D eigenvalue weighted by Gasteiger charge is -2.07. The van der Waals surface area contributed by atoms with Crippen molar-refractivity contribution in [3.05, 3.63) is 40.4 Å². The van der Waals surface area contributed by atoms with Crippen molar-refractivity contribution in [1.82, 2.24) is 9.78 Å². The van der Waals surface area contributed by atoms with Crippen LogP contribution in [-0.4, -0.2) is 16.3 Å². The van der Waals surface area contributed by atoms with Crippen LogP contribution in [0.3, 0.4) is 0 Å². The first-order chi connectivity index (χ1) is 8.54. The lowest BCUT2D eigenvalue weighted by Crippen LogP contribution is -2.08. The van der Waals surface area contributed by atoms with Crippen molar-refractivity contribution in [1.29, 1.82) is 0 Å². The van der Waals surface area contributed by atoms with Crippen LogP contribution in [0.5, 0.6) is 0 Å². The molecule has 0 saturated carbocycles. The summed E-state index contributed by atoms with van der Waals surface area (Å²) in [5, 5.41) is 4.84. The van der Waals surface area contributed by atoms with Crippen LogP contribution in [0.4, 0.5) is 4.39 Å². The Morgan fingerprint density at radius 3 is 2.83 bits per heavy atom. The summed E-state index contributed by atoms with van der Waals surface area (Å²) in [6, 6.07) is 4.53. The summed E-state index contributed by atoms with van der Waals surface area (Å²) in [4.78, 5) is 0. The molecule has 0 amide bonds. The number of benzene rings is 1. The Morgan fingerprint density at radius 2 is 2.17 bits per heavy atom. The van der Waals surface area contributed by atoms with Gasteiger partial charge in [0, 0.05) is 35.3 Å². The first kappa shape index (κ1) is 13.1. The molecule has 2 aromatic rings. The maximum atomic E-state index is 13.9. The Hall–Kier alpha value is -1.39. The van der Waals surface area contributed by atoms with E-state index in [2.05, 4.69) is 5.10 Å². The van der Waals surface area contributed by atoms with Crippen LogP contribution >= 0.6 is 11.6 Å². The van der Waals surface area contributed by atoms with Gasteiger partial charge in [0.15, 0.2) is 0 Å². The summed E-state index contributed by atoms with van der Waals surface area (Å²) in [6.45, 7) is 2.35. The molecule has 0 fully saturated rings. The maximum Gasteiger partial charge on any atom is 0.131 e. The Bertz CT molecular complexity index is 578. The average molecular weight is 268 g/mol. The highest BCUT2D eigenvalue weighted by Gasteiger charge is 2.17. The van der Waals surface area contributed by atoms with Gasteiger partial charge in [0.05, 0.1) is 5.69 Å². The minimum Gasteiger partial charge on any atom is -0.330 e. The molecule has 2 N–H and O–H groups in total. The normalized spacial score (nSPS) is 10.9. The van der Waals surface area contributed by atoms with Crippen molar-refractivity contribution in [2.45, 2.75) is 13.3 Å². The fourth-order valence-electron chi connectivity index (χ4n) is 2.17. The third-order valence-electron chi connectivity index (χ3n) is 2.92. The molecule has 0 aliphatic carbocycles. The molecule has 0 saturated heterocycles. The van der Waals surface area contributed by atoms with Crippen LogP contribution < -0.4 is 5.73 Å². The highest BCUT2D eigenvalue weighted by atomic mass is 35.5. The van der Waals surface area contributed by atoms with Crippen LogP contribution in [0.2, 0.25) is 5.02 Å². The standard InChI is InChI=1S/C13H15ClFN3/c1-8-13(12(5-6-16)18(2)17-8)10-7-9(14)3-4-11(10)15/h3-4,7H,5-6,16H2,1-2H3. The van der Waals surface area contributed by atoms with Crippen LogP contribution in [0, 0.1) is 12.7 Å². The molecule has 3 nitrogen and oxygen atoms in total. The minimum atomic E-state index is -0.297. The summed E-state index contributed by atoms with van der Waals surface area (Å²) in [6.07, 6.45) is 0.651. The average Bonchev–Trinajstić information content (AvgIpc) is 2.58. The van der Waals surface area contributed by atoms with E-state index in [-0.39, 0.29) is 5.82 Å². The van der Waals surface area contributed by atoms with Gasteiger partial charge in [-0.05, 0) is 31.7 Å². The van der Waals surface area contributed by atoms with Crippen molar-refractivity contribution in [2.24, 2.45) is 12.8 Å². The number of aryl methyl sites for hydroxylation is 2. The van der Waals surface area contributed by atoms with Gasteiger partial charge in [-0.3, -0.25) is 4.68 Å². The smallest absolute Gasteiger partial charge is 0.131 e. The zero-order chi connectivity index (χ0) is 13.3. The lowest BCUT2D eigenvalue weighted by molar-refractivity contribution is 0.630. The first-order valence-electron chi connectivity index (χ1n) is 5.72. The zero-order valence-corrected chi connectivity index (χ0v) is 11.1. The molecule has 1 aromatic heterocycles. The third-order valence-corrected chi connectivity index (χ3v) is 3.15.